The smallest absolute Gasteiger partial charge is 0.226 e. The van der Waals surface area contributed by atoms with E-state index < -0.39 is 0 Å². The molecule has 0 aliphatic rings. The topological polar surface area (TPSA) is 67.1 Å². The van der Waals surface area contributed by atoms with E-state index in [0.29, 0.717) is 23.7 Å². The number of carbonyl (C=O) groups excluding carboxylic acids is 1. The predicted molar refractivity (Wildman–Crippen MR) is 84.0 cm³/mol. The molecule has 2 aromatic carbocycles. The molecule has 0 spiro atoms. The third-order valence-electron chi connectivity index (χ3n) is 2.74. The highest BCUT2D eigenvalue weighted by atomic mass is 35.5. The first-order valence-electron chi connectivity index (χ1n) is 6.29. The molecule has 0 unspecified atom stereocenters. The number of rotatable bonds is 5. The van der Waals surface area contributed by atoms with E-state index >= 15 is 0 Å². The van der Waals surface area contributed by atoms with E-state index in [9.17, 15) is 4.79 Å². The Labute approximate surface area is 122 Å². The number of nitrogen functional groups attached to an aromatic ring is 1. The van der Waals surface area contributed by atoms with E-state index in [0.717, 1.165) is 11.4 Å². The van der Waals surface area contributed by atoms with E-state index in [1.54, 1.807) is 18.2 Å². The number of halogens is 1. The molecule has 2 rings (SSSR count). The normalized spacial score (nSPS) is 10.1. The number of nitrogens with one attached hydrogen (secondary N) is 2. The van der Waals surface area contributed by atoms with Gasteiger partial charge in [-0.15, -0.1) is 0 Å². The summed E-state index contributed by atoms with van der Waals surface area (Å²) in [7, 11) is 0. The zero-order valence-corrected chi connectivity index (χ0v) is 11.7. The second kappa shape index (κ2) is 6.82. The molecule has 0 saturated heterocycles. The molecule has 0 aromatic heterocycles. The maximum Gasteiger partial charge on any atom is 0.226 e. The fourth-order valence-electron chi connectivity index (χ4n) is 1.75. The van der Waals surface area contributed by atoms with Crippen LogP contribution in [0.4, 0.5) is 17.1 Å². The lowest BCUT2D eigenvalue weighted by Crippen LogP contribution is -2.16. The van der Waals surface area contributed by atoms with Crippen LogP contribution in [-0.4, -0.2) is 12.5 Å². The number of nitrogens with two attached hydrogens (primary N) is 1. The van der Waals surface area contributed by atoms with Crippen LogP contribution < -0.4 is 16.4 Å². The van der Waals surface area contributed by atoms with Gasteiger partial charge in [-0.05, 0) is 30.3 Å². The van der Waals surface area contributed by atoms with Crippen molar-refractivity contribution in [3.05, 3.63) is 53.6 Å². The van der Waals surface area contributed by atoms with E-state index in [2.05, 4.69) is 10.6 Å². The minimum atomic E-state index is -0.0452. The summed E-state index contributed by atoms with van der Waals surface area (Å²) in [5.41, 5.74) is 7.96. The second-order valence-corrected chi connectivity index (χ2v) is 4.76. The largest absolute Gasteiger partial charge is 0.397 e. The lowest BCUT2D eigenvalue weighted by atomic mass is 10.2. The van der Waals surface area contributed by atoms with Crippen LogP contribution in [0.3, 0.4) is 0 Å². The Morgan fingerprint density at radius 2 is 1.90 bits per heavy atom. The van der Waals surface area contributed by atoms with Crippen molar-refractivity contribution in [3.63, 3.8) is 0 Å². The molecule has 0 heterocycles. The quantitative estimate of drug-likeness (QED) is 0.739. The van der Waals surface area contributed by atoms with Crippen molar-refractivity contribution in [2.75, 3.05) is 22.9 Å². The van der Waals surface area contributed by atoms with Crippen LogP contribution in [0.15, 0.2) is 48.5 Å². The van der Waals surface area contributed by atoms with Gasteiger partial charge in [-0.1, -0.05) is 29.8 Å². The Morgan fingerprint density at radius 3 is 2.60 bits per heavy atom. The predicted octanol–water partition coefficient (Wildman–Crippen LogP) is 3.36. The van der Waals surface area contributed by atoms with Gasteiger partial charge >= 0.3 is 0 Å². The summed E-state index contributed by atoms with van der Waals surface area (Å²) < 4.78 is 0. The van der Waals surface area contributed by atoms with Gasteiger partial charge in [0.15, 0.2) is 0 Å². The van der Waals surface area contributed by atoms with Crippen LogP contribution in [0.5, 0.6) is 0 Å². The minimum absolute atomic E-state index is 0.0452. The molecular formula is C15H16ClN3O. The minimum Gasteiger partial charge on any atom is -0.397 e. The van der Waals surface area contributed by atoms with Gasteiger partial charge in [-0.2, -0.15) is 0 Å². The van der Waals surface area contributed by atoms with Crippen LogP contribution in [0.25, 0.3) is 0 Å². The van der Waals surface area contributed by atoms with Gasteiger partial charge in [-0.3, -0.25) is 4.79 Å². The van der Waals surface area contributed by atoms with Gasteiger partial charge in [0, 0.05) is 23.7 Å². The highest BCUT2D eigenvalue weighted by molar-refractivity contribution is 6.31. The molecule has 0 aliphatic heterocycles. The maximum absolute atomic E-state index is 11.7. The first-order chi connectivity index (χ1) is 9.65. The van der Waals surface area contributed by atoms with Gasteiger partial charge in [0.1, 0.15) is 0 Å². The first-order valence-corrected chi connectivity index (χ1v) is 6.67. The average molecular weight is 290 g/mol. The highest BCUT2D eigenvalue weighted by Gasteiger charge is 2.03. The third kappa shape index (κ3) is 4.17. The van der Waals surface area contributed by atoms with Crippen molar-refractivity contribution in [3.8, 4) is 0 Å². The summed E-state index contributed by atoms with van der Waals surface area (Å²) in [4.78, 5) is 11.7. The Hall–Kier alpha value is -2.20. The zero-order chi connectivity index (χ0) is 14.4. The van der Waals surface area contributed by atoms with Crippen LogP contribution in [0.2, 0.25) is 5.02 Å². The Morgan fingerprint density at radius 1 is 1.15 bits per heavy atom. The van der Waals surface area contributed by atoms with E-state index in [1.807, 2.05) is 30.3 Å². The molecule has 0 atom stereocenters. The molecule has 5 heteroatoms. The van der Waals surface area contributed by atoms with Gasteiger partial charge in [-0.25, -0.2) is 0 Å². The Bertz CT molecular complexity index is 587. The SMILES string of the molecule is Nc1cc(Cl)ccc1NCCC(=O)Nc1ccccc1. The lowest BCUT2D eigenvalue weighted by molar-refractivity contribution is -0.115. The molecule has 0 bridgehead atoms. The van der Waals surface area contributed by atoms with Crippen molar-refractivity contribution in [2.45, 2.75) is 6.42 Å². The molecule has 0 fully saturated rings. The summed E-state index contributed by atoms with van der Waals surface area (Å²) in [5.74, 6) is -0.0452. The molecule has 104 valence electrons. The van der Waals surface area contributed by atoms with Crippen LogP contribution >= 0.6 is 11.6 Å². The average Bonchev–Trinajstić information content (AvgIpc) is 2.42. The summed E-state index contributed by atoms with van der Waals surface area (Å²) >= 11 is 5.82. The number of hydrogen-bond donors (Lipinski definition) is 3. The third-order valence-corrected chi connectivity index (χ3v) is 2.97. The number of amides is 1. The monoisotopic (exact) mass is 289 g/mol. The number of anilines is 3. The molecule has 2 aromatic rings. The standard InChI is InChI=1S/C15H16ClN3O/c16-11-6-7-14(13(17)10-11)18-9-8-15(20)19-12-4-2-1-3-5-12/h1-7,10,18H,8-9,17H2,(H,19,20). The summed E-state index contributed by atoms with van der Waals surface area (Å²) in [5, 5.41) is 6.53. The van der Waals surface area contributed by atoms with Gasteiger partial charge in [0.25, 0.3) is 0 Å². The number of para-hydroxylation sites is 1. The Balaban J connectivity index is 1.79. The highest BCUT2D eigenvalue weighted by Crippen LogP contribution is 2.22. The van der Waals surface area contributed by atoms with Crippen LogP contribution in [0, 0.1) is 0 Å². The fraction of sp³-hybridized carbons (Fsp3) is 0.133. The van der Waals surface area contributed by atoms with E-state index in [-0.39, 0.29) is 5.91 Å². The molecule has 1 amide bonds. The molecule has 20 heavy (non-hydrogen) atoms. The molecule has 0 aliphatic carbocycles. The van der Waals surface area contributed by atoms with Crippen LogP contribution in [-0.2, 0) is 4.79 Å². The zero-order valence-electron chi connectivity index (χ0n) is 10.9. The number of carbonyl (C=O) groups is 1. The lowest BCUT2D eigenvalue weighted by Gasteiger charge is -2.09. The van der Waals surface area contributed by atoms with E-state index in [4.69, 9.17) is 17.3 Å². The number of hydrogen-bond acceptors (Lipinski definition) is 3. The summed E-state index contributed by atoms with van der Waals surface area (Å²) in [6.07, 6.45) is 0.358. The second-order valence-electron chi connectivity index (χ2n) is 4.32. The van der Waals surface area contributed by atoms with Crippen molar-refractivity contribution < 1.29 is 4.79 Å². The molecule has 0 saturated carbocycles. The maximum atomic E-state index is 11.7. The number of benzene rings is 2. The summed E-state index contributed by atoms with van der Waals surface area (Å²) in [6, 6.07) is 14.6. The molecule has 4 N–H and O–H groups in total. The Kier molecular flexibility index (Phi) is 4.85. The van der Waals surface area contributed by atoms with Crippen molar-refractivity contribution in [1.29, 1.82) is 0 Å². The van der Waals surface area contributed by atoms with Gasteiger partial charge in [0.05, 0.1) is 11.4 Å². The first kappa shape index (κ1) is 14.2. The molecular weight excluding hydrogens is 274 g/mol. The van der Waals surface area contributed by atoms with Crippen molar-refractivity contribution >= 4 is 34.6 Å². The summed E-state index contributed by atoms with van der Waals surface area (Å²) in [6.45, 7) is 0.504. The van der Waals surface area contributed by atoms with Crippen molar-refractivity contribution in [1.82, 2.24) is 0 Å². The van der Waals surface area contributed by atoms with Crippen LogP contribution in [0.1, 0.15) is 6.42 Å². The van der Waals surface area contributed by atoms with E-state index in [1.165, 1.54) is 0 Å². The van der Waals surface area contributed by atoms with Gasteiger partial charge in [0.2, 0.25) is 5.91 Å². The molecule has 4 nitrogen and oxygen atoms in total. The van der Waals surface area contributed by atoms with Crippen molar-refractivity contribution in [2.24, 2.45) is 0 Å². The fourth-order valence-corrected chi connectivity index (χ4v) is 1.93. The van der Waals surface area contributed by atoms with Gasteiger partial charge < -0.3 is 16.4 Å². The molecule has 0 radical (unpaired) electrons.